The van der Waals surface area contributed by atoms with E-state index in [2.05, 4.69) is 17.0 Å². The second kappa shape index (κ2) is 9.05. The van der Waals surface area contributed by atoms with Crippen LogP contribution in [0, 0.1) is 0 Å². The monoisotopic (exact) mass is 366 g/mol. The number of carbonyl (C=O) groups excluding carboxylic acids is 1. The van der Waals surface area contributed by atoms with E-state index in [1.165, 1.54) is 18.4 Å². The lowest BCUT2D eigenvalue weighted by atomic mass is 9.97. The van der Waals surface area contributed by atoms with Crippen molar-refractivity contribution in [2.45, 2.75) is 31.7 Å². The molecule has 2 aromatic rings. The van der Waals surface area contributed by atoms with Crippen LogP contribution in [0.4, 0.5) is 5.69 Å². The molecule has 0 aliphatic carbocycles. The Kier molecular flexibility index (Phi) is 6.51. The molecule has 1 unspecified atom stereocenters. The van der Waals surface area contributed by atoms with Crippen LogP contribution < -0.4 is 9.64 Å². The van der Waals surface area contributed by atoms with E-state index in [4.69, 9.17) is 4.74 Å². The number of carbonyl (C=O) groups is 1. The molecular weight excluding hydrogens is 336 g/mol. The largest absolute Gasteiger partial charge is 0.497 e. The molecule has 0 spiro atoms. The zero-order chi connectivity index (χ0) is 19.2. The summed E-state index contributed by atoms with van der Waals surface area (Å²) in [7, 11) is 5.68. The third-order valence-corrected chi connectivity index (χ3v) is 5.41. The minimum atomic E-state index is 0.219. The van der Waals surface area contributed by atoms with E-state index < -0.39 is 0 Å². The summed E-state index contributed by atoms with van der Waals surface area (Å²) >= 11 is 0. The molecule has 0 radical (unpaired) electrons. The number of nitrogens with zero attached hydrogens (tertiary/aromatic N) is 2. The predicted molar refractivity (Wildman–Crippen MR) is 111 cm³/mol. The Morgan fingerprint density at radius 1 is 1.11 bits per heavy atom. The maximum Gasteiger partial charge on any atom is 0.163 e. The van der Waals surface area contributed by atoms with Gasteiger partial charge in [-0.2, -0.15) is 0 Å². The Hall–Kier alpha value is -2.33. The molecule has 0 saturated carbocycles. The van der Waals surface area contributed by atoms with Gasteiger partial charge < -0.3 is 9.64 Å². The summed E-state index contributed by atoms with van der Waals surface area (Å²) in [5, 5.41) is 0. The Morgan fingerprint density at radius 2 is 1.81 bits per heavy atom. The lowest BCUT2D eigenvalue weighted by Gasteiger charge is -2.28. The van der Waals surface area contributed by atoms with Gasteiger partial charge in [-0.05, 0) is 62.2 Å². The minimum absolute atomic E-state index is 0.219. The number of rotatable bonds is 8. The first kappa shape index (κ1) is 19.4. The summed E-state index contributed by atoms with van der Waals surface area (Å²) in [6, 6.07) is 16.5. The van der Waals surface area contributed by atoms with Crippen LogP contribution in [0.15, 0.2) is 48.5 Å². The molecule has 0 N–H and O–H groups in total. The molecule has 1 saturated heterocycles. The van der Waals surface area contributed by atoms with Crippen molar-refractivity contribution in [1.29, 1.82) is 0 Å². The standard InChI is InChI=1S/C23H30N2O2/c1-24(2)20-8-6-7-19(17-20)23(26)14-13-22(25-15-4-5-16-25)18-9-11-21(27-3)12-10-18/h6-12,17,22H,4-5,13-16H2,1-3H3. The molecule has 4 nitrogen and oxygen atoms in total. The maximum atomic E-state index is 12.8. The SMILES string of the molecule is COc1ccc(C(CCC(=O)c2cccc(N(C)C)c2)N2CCCC2)cc1. The number of ketones is 1. The zero-order valence-corrected chi connectivity index (χ0v) is 16.6. The van der Waals surface area contributed by atoms with Gasteiger partial charge in [-0.15, -0.1) is 0 Å². The third-order valence-electron chi connectivity index (χ3n) is 5.41. The van der Waals surface area contributed by atoms with Gasteiger partial charge in [0.25, 0.3) is 0 Å². The molecule has 1 heterocycles. The van der Waals surface area contributed by atoms with Crippen molar-refractivity contribution in [3.63, 3.8) is 0 Å². The molecule has 1 aliphatic heterocycles. The first-order valence-electron chi connectivity index (χ1n) is 9.77. The topological polar surface area (TPSA) is 32.8 Å². The number of hydrogen-bond donors (Lipinski definition) is 0. The van der Waals surface area contributed by atoms with Crippen LogP contribution in [0.25, 0.3) is 0 Å². The number of ether oxygens (including phenoxy) is 1. The van der Waals surface area contributed by atoms with Crippen LogP contribution in [0.1, 0.15) is 47.6 Å². The van der Waals surface area contributed by atoms with Gasteiger partial charge in [0.05, 0.1) is 7.11 Å². The number of hydrogen-bond acceptors (Lipinski definition) is 4. The first-order chi connectivity index (χ1) is 13.1. The molecule has 0 aromatic heterocycles. The van der Waals surface area contributed by atoms with E-state index in [1.54, 1.807) is 7.11 Å². The van der Waals surface area contributed by atoms with Gasteiger partial charge in [0.2, 0.25) is 0 Å². The van der Waals surface area contributed by atoms with E-state index in [9.17, 15) is 4.79 Å². The number of benzene rings is 2. The highest BCUT2D eigenvalue weighted by Crippen LogP contribution is 2.31. The Labute approximate surface area is 162 Å². The van der Waals surface area contributed by atoms with E-state index in [-0.39, 0.29) is 5.78 Å². The molecule has 1 atom stereocenters. The molecule has 2 aromatic carbocycles. The van der Waals surface area contributed by atoms with Gasteiger partial charge in [-0.3, -0.25) is 9.69 Å². The summed E-state index contributed by atoms with van der Waals surface area (Å²) in [5.74, 6) is 1.09. The minimum Gasteiger partial charge on any atom is -0.497 e. The lowest BCUT2D eigenvalue weighted by Crippen LogP contribution is -2.26. The van der Waals surface area contributed by atoms with Crippen LogP contribution in [0.2, 0.25) is 0 Å². The number of Topliss-reactive ketones (excluding diaryl/α,β-unsaturated/α-hetero) is 1. The second-order valence-electron chi connectivity index (χ2n) is 7.44. The normalized spacial score (nSPS) is 15.5. The number of anilines is 1. The van der Waals surface area contributed by atoms with Crippen molar-refractivity contribution < 1.29 is 9.53 Å². The highest BCUT2D eigenvalue weighted by Gasteiger charge is 2.24. The van der Waals surface area contributed by atoms with Crippen molar-refractivity contribution in [2.24, 2.45) is 0 Å². The van der Waals surface area contributed by atoms with Crippen LogP contribution in [0.5, 0.6) is 5.75 Å². The van der Waals surface area contributed by atoms with Crippen molar-refractivity contribution in [2.75, 3.05) is 39.2 Å². The molecule has 4 heteroatoms. The third kappa shape index (κ3) is 4.89. The fourth-order valence-electron chi connectivity index (χ4n) is 3.81. The number of methoxy groups -OCH3 is 1. The van der Waals surface area contributed by atoms with Crippen molar-refractivity contribution in [3.05, 3.63) is 59.7 Å². The zero-order valence-electron chi connectivity index (χ0n) is 16.6. The van der Waals surface area contributed by atoms with Crippen molar-refractivity contribution in [3.8, 4) is 5.75 Å². The quantitative estimate of drug-likeness (QED) is 0.641. The highest BCUT2D eigenvalue weighted by molar-refractivity contribution is 5.96. The van der Waals surface area contributed by atoms with Gasteiger partial charge in [0.1, 0.15) is 5.75 Å². The second-order valence-corrected chi connectivity index (χ2v) is 7.44. The van der Waals surface area contributed by atoms with Crippen LogP contribution >= 0.6 is 0 Å². The van der Waals surface area contributed by atoms with Crippen LogP contribution in [-0.4, -0.2) is 45.0 Å². The van der Waals surface area contributed by atoms with Crippen molar-refractivity contribution >= 4 is 11.5 Å². The highest BCUT2D eigenvalue weighted by atomic mass is 16.5. The molecular formula is C23H30N2O2. The summed E-state index contributed by atoms with van der Waals surface area (Å²) in [6.07, 6.45) is 3.89. The Bertz CT molecular complexity index is 749. The van der Waals surface area contributed by atoms with E-state index in [0.717, 1.165) is 36.5 Å². The van der Waals surface area contributed by atoms with E-state index >= 15 is 0 Å². The van der Waals surface area contributed by atoms with Crippen LogP contribution in [-0.2, 0) is 0 Å². The summed E-state index contributed by atoms with van der Waals surface area (Å²) in [5.41, 5.74) is 3.13. The predicted octanol–water partition coefficient (Wildman–Crippen LogP) is 4.56. The molecule has 0 amide bonds. The van der Waals surface area contributed by atoms with Gasteiger partial charge in [0, 0.05) is 37.8 Å². The molecule has 1 fully saturated rings. The molecule has 27 heavy (non-hydrogen) atoms. The van der Waals surface area contributed by atoms with Gasteiger partial charge in [-0.1, -0.05) is 24.3 Å². The van der Waals surface area contributed by atoms with Gasteiger partial charge >= 0.3 is 0 Å². The lowest BCUT2D eigenvalue weighted by molar-refractivity contribution is 0.0964. The molecule has 1 aliphatic rings. The van der Waals surface area contributed by atoms with E-state index in [1.807, 2.05) is 55.4 Å². The number of likely N-dealkylation sites (tertiary alicyclic amines) is 1. The van der Waals surface area contributed by atoms with Gasteiger partial charge in [-0.25, -0.2) is 0 Å². The van der Waals surface area contributed by atoms with E-state index in [0.29, 0.717) is 12.5 Å². The fraction of sp³-hybridized carbons (Fsp3) is 0.435. The molecule has 144 valence electrons. The summed E-state index contributed by atoms with van der Waals surface area (Å²) < 4.78 is 5.29. The molecule has 3 rings (SSSR count). The summed E-state index contributed by atoms with van der Waals surface area (Å²) in [4.78, 5) is 17.4. The average molecular weight is 367 g/mol. The smallest absolute Gasteiger partial charge is 0.163 e. The Morgan fingerprint density at radius 3 is 2.44 bits per heavy atom. The average Bonchev–Trinajstić information content (AvgIpc) is 3.23. The van der Waals surface area contributed by atoms with Crippen LogP contribution in [0.3, 0.4) is 0 Å². The fourth-order valence-corrected chi connectivity index (χ4v) is 3.81. The Balaban J connectivity index is 1.72. The van der Waals surface area contributed by atoms with Gasteiger partial charge in [0.15, 0.2) is 5.78 Å². The molecule has 0 bridgehead atoms. The summed E-state index contributed by atoms with van der Waals surface area (Å²) in [6.45, 7) is 2.22. The maximum absolute atomic E-state index is 12.8. The van der Waals surface area contributed by atoms with Crippen molar-refractivity contribution in [1.82, 2.24) is 4.90 Å². The first-order valence-corrected chi connectivity index (χ1v) is 9.77.